The van der Waals surface area contributed by atoms with Crippen LogP contribution in [0.1, 0.15) is 81.6 Å². The molecule has 5 aliphatic carbocycles. The molecular weight excluding hydrogens is 450 g/mol. The van der Waals surface area contributed by atoms with E-state index in [9.17, 15) is 0 Å². The summed E-state index contributed by atoms with van der Waals surface area (Å²) in [4.78, 5) is 0. The van der Waals surface area contributed by atoms with E-state index < -0.39 is 20.8 Å². The van der Waals surface area contributed by atoms with E-state index in [2.05, 4.69) is 68.7 Å². The summed E-state index contributed by atoms with van der Waals surface area (Å²) in [5.41, 5.74) is 1.16. The zero-order valence-corrected chi connectivity index (χ0v) is 23.0. The molecule has 0 aromatic rings. The van der Waals surface area contributed by atoms with Gasteiger partial charge in [0.2, 0.25) is 0 Å². The van der Waals surface area contributed by atoms with Crippen molar-refractivity contribution in [1.29, 1.82) is 0 Å². The Bertz CT molecular complexity index is 440. The van der Waals surface area contributed by atoms with Crippen LogP contribution in [0.2, 0.25) is 0 Å². The molecule has 3 atom stereocenters. The zero-order chi connectivity index (χ0) is 20.7. The molecule has 0 amide bonds. The van der Waals surface area contributed by atoms with Crippen LogP contribution in [0.15, 0.2) is 0 Å². The summed E-state index contributed by atoms with van der Waals surface area (Å²) in [7, 11) is 9.87. The zero-order valence-electron chi connectivity index (χ0n) is 19.1. The second kappa shape index (κ2) is 9.30. The first-order chi connectivity index (χ1) is 12.4. The Labute approximate surface area is 189 Å². The summed E-state index contributed by atoms with van der Waals surface area (Å²) in [6, 6.07) is 0. The Morgan fingerprint density at radius 3 is 1.52 bits per heavy atom. The SMILES string of the molecule is CC1(C)C2CC[CH][C]2C2CC1C2(C)C.CC1C(C)C(C)C(C)C1C.[Cl][Zr][Cl]. The van der Waals surface area contributed by atoms with Crippen LogP contribution in [0.3, 0.4) is 0 Å². The summed E-state index contributed by atoms with van der Waals surface area (Å²) < 4.78 is 0. The van der Waals surface area contributed by atoms with Crippen molar-refractivity contribution in [2.24, 2.45) is 58.2 Å². The van der Waals surface area contributed by atoms with Gasteiger partial charge in [-0.2, -0.15) is 0 Å². The van der Waals surface area contributed by atoms with Crippen molar-refractivity contribution >= 4 is 17.0 Å². The molecule has 3 heteroatoms. The first-order valence-electron chi connectivity index (χ1n) is 11.1. The first-order valence-corrected chi connectivity index (χ1v) is 17.4. The average molecular weight is 493 g/mol. The van der Waals surface area contributed by atoms with Gasteiger partial charge in [0.15, 0.2) is 0 Å². The van der Waals surface area contributed by atoms with Gasteiger partial charge in [-0.3, -0.25) is 0 Å². The van der Waals surface area contributed by atoms with Crippen LogP contribution in [-0.4, -0.2) is 0 Å². The van der Waals surface area contributed by atoms with Crippen molar-refractivity contribution < 1.29 is 20.8 Å². The fourth-order valence-electron chi connectivity index (χ4n) is 7.30. The second-order valence-corrected chi connectivity index (χ2v) is 14.9. The molecule has 156 valence electrons. The Morgan fingerprint density at radius 1 is 0.778 bits per heavy atom. The van der Waals surface area contributed by atoms with Gasteiger partial charge in [0.05, 0.1) is 0 Å². The molecule has 0 aliphatic heterocycles. The number of hydrogen-bond donors (Lipinski definition) is 0. The second-order valence-electron chi connectivity index (χ2n) is 11.2. The van der Waals surface area contributed by atoms with Gasteiger partial charge in [-0.05, 0) is 89.8 Å². The van der Waals surface area contributed by atoms with Crippen LogP contribution in [0.4, 0.5) is 0 Å². The molecule has 2 bridgehead atoms. The van der Waals surface area contributed by atoms with E-state index in [1.54, 1.807) is 0 Å². The minimum atomic E-state index is -0.826. The molecule has 2 radical (unpaired) electrons. The standard InChI is InChI=1S/C14H22.C10H20.2ClH.Zr/c1-13(2)10-7-5-6-9(10)11-8-12(13)14(11,3)4;1-6-7(2)9(4)10(5)8(6)3;;;/h6,10-12H,5,7-8H2,1-4H3;6-10H,1-5H3;2*1H;/q;;;;+2/p-2. The van der Waals surface area contributed by atoms with E-state index in [-0.39, 0.29) is 0 Å². The molecule has 5 saturated carbocycles. The third-order valence-electron chi connectivity index (χ3n) is 9.85. The maximum atomic E-state index is 4.93. The van der Waals surface area contributed by atoms with Gasteiger partial charge < -0.3 is 0 Å². The quantitative estimate of drug-likeness (QED) is 0.318. The third kappa shape index (κ3) is 4.42. The van der Waals surface area contributed by atoms with Crippen LogP contribution in [0, 0.1) is 70.5 Å². The van der Waals surface area contributed by atoms with Gasteiger partial charge in [-0.1, -0.05) is 62.3 Å². The molecule has 0 spiro atoms. The summed E-state index contributed by atoms with van der Waals surface area (Å²) in [5.74, 6) is 9.35. The van der Waals surface area contributed by atoms with Gasteiger partial charge in [0.25, 0.3) is 0 Å². The Balaban J connectivity index is 0.000000178. The predicted molar refractivity (Wildman–Crippen MR) is 117 cm³/mol. The van der Waals surface area contributed by atoms with Crippen LogP contribution < -0.4 is 0 Å². The molecule has 5 fully saturated rings. The van der Waals surface area contributed by atoms with Crippen molar-refractivity contribution in [2.45, 2.75) is 81.6 Å². The Morgan fingerprint density at radius 2 is 1.15 bits per heavy atom. The van der Waals surface area contributed by atoms with E-state index in [4.69, 9.17) is 17.0 Å². The Kier molecular flexibility index (Phi) is 8.52. The van der Waals surface area contributed by atoms with Crippen molar-refractivity contribution in [1.82, 2.24) is 0 Å². The number of halogens is 2. The molecular formula is C24H42Cl2Zr. The van der Waals surface area contributed by atoms with Gasteiger partial charge >= 0.3 is 37.9 Å². The van der Waals surface area contributed by atoms with E-state index in [0.717, 1.165) is 47.3 Å². The van der Waals surface area contributed by atoms with Gasteiger partial charge in [0.1, 0.15) is 0 Å². The molecule has 5 rings (SSSR count). The summed E-state index contributed by atoms with van der Waals surface area (Å²) in [6.45, 7) is 22.0. The van der Waals surface area contributed by atoms with Gasteiger partial charge in [-0.15, -0.1) is 0 Å². The fourth-order valence-corrected chi connectivity index (χ4v) is 7.30. The van der Waals surface area contributed by atoms with Crippen LogP contribution in [0.25, 0.3) is 0 Å². The predicted octanol–water partition coefficient (Wildman–Crippen LogP) is 8.43. The van der Waals surface area contributed by atoms with Crippen molar-refractivity contribution in [3.63, 3.8) is 0 Å². The van der Waals surface area contributed by atoms with Crippen molar-refractivity contribution in [3.05, 3.63) is 12.3 Å². The summed E-state index contributed by atoms with van der Waals surface area (Å²) >= 11 is -0.826. The molecule has 0 N–H and O–H groups in total. The minimum absolute atomic E-state index is 0.570. The summed E-state index contributed by atoms with van der Waals surface area (Å²) in [6.07, 6.45) is 6.82. The molecule has 0 saturated heterocycles. The fraction of sp³-hybridized carbons (Fsp3) is 0.917. The van der Waals surface area contributed by atoms with E-state index in [1.807, 2.05) is 5.92 Å². The van der Waals surface area contributed by atoms with E-state index >= 15 is 0 Å². The molecule has 0 aromatic carbocycles. The van der Waals surface area contributed by atoms with Crippen LogP contribution in [-0.2, 0) is 20.8 Å². The summed E-state index contributed by atoms with van der Waals surface area (Å²) in [5, 5.41) is 0. The molecule has 0 nitrogen and oxygen atoms in total. The van der Waals surface area contributed by atoms with E-state index in [1.165, 1.54) is 19.3 Å². The molecule has 0 heterocycles. The number of rotatable bonds is 0. The van der Waals surface area contributed by atoms with Crippen LogP contribution >= 0.6 is 17.0 Å². The number of hydrogen-bond acceptors (Lipinski definition) is 0. The third-order valence-corrected chi connectivity index (χ3v) is 9.85. The Hall–Kier alpha value is 1.46. The van der Waals surface area contributed by atoms with Gasteiger partial charge in [0, 0.05) is 0 Å². The topological polar surface area (TPSA) is 0 Å². The molecule has 3 unspecified atom stereocenters. The molecule has 5 aliphatic rings. The average Bonchev–Trinajstić information content (AvgIpc) is 3.14. The van der Waals surface area contributed by atoms with Gasteiger partial charge in [-0.25, -0.2) is 0 Å². The van der Waals surface area contributed by atoms with Crippen LogP contribution in [0.5, 0.6) is 0 Å². The molecule has 0 aromatic heterocycles. The van der Waals surface area contributed by atoms with E-state index in [0.29, 0.717) is 10.8 Å². The molecule has 27 heavy (non-hydrogen) atoms. The van der Waals surface area contributed by atoms with Crippen molar-refractivity contribution in [2.75, 3.05) is 0 Å². The maximum absolute atomic E-state index is 4.93. The van der Waals surface area contributed by atoms with Crippen molar-refractivity contribution in [3.8, 4) is 0 Å². The monoisotopic (exact) mass is 490 g/mol. The normalized spacial score (nSPS) is 46.2. The first kappa shape index (κ1) is 24.7.